The summed E-state index contributed by atoms with van der Waals surface area (Å²) in [6.45, 7) is 4.24. The van der Waals surface area contributed by atoms with Gasteiger partial charge in [-0.3, -0.25) is 0 Å². The topological polar surface area (TPSA) is 73.1 Å². The molecule has 0 aliphatic carbocycles. The zero-order chi connectivity index (χ0) is 17.6. The number of hydrogen-bond donors (Lipinski definition) is 1. The van der Waals surface area contributed by atoms with E-state index in [4.69, 9.17) is 4.74 Å². The van der Waals surface area contributed by atoms with Gasteiger partial charge in [0.25, 0.3) is 0 Å². The number of para-hydroxylation sites is 1. The molecular formula is C18H20N4O2S. The maximum atomic E-state index is 10.2. The number of thioether (sulfide) groups is 1. The van der Waals surface area contributed by atoms with Crippen molar-refractivity contribution in [1.82, 2.24) is 20.2 Å². The highest BCUT2D eigenvalue weighted by molar-refractivity contribution is 7.99. The molecule has 6 nitrogen and oxygen atoms in total. The second-order valence-electron chi connectivity index (χ2n) is 5.75. The Kier molecular flexibility index (Phi) is 5.67. The van der Waals surface area contributed by atoms with Gasteiger partial charge in [-0.25, -0.2) is 0 Å². The molecule has 1 atom stereocenters. The minimum absolute atomic E-state index is 0.225. The molecule has 0 aliphatic rings. The Bertz CT molecular complexity index is 837. The highest BCUT2D eigenvalue weighted by Crippen LogP contribution is 2.21. The Hall–Kier alpha value is -2.38. The van der Waals surface area contributed by atoms with Crippen molar-refractivity contribution in [2.45, 2.75) is 25.1 Å². The number of aromatic nitrogens is 4. The normalized spacial score (nSPS) is 12.1. The molecule has 1 N–H and O–H groups in total. The number of ether oxygens (including phenoxy) is 1. The maximum absolute atomic E-state index is 10.2. The van der Waals surface area contributed by atoms with E-state index in [2.05, 4.69) is 15.5 Å². The van der Waals surface area contributed by atoms with E-state index in [-0.39, 0.29) is 6.61 Å². The highest BCUT2D eigenvalue weighted by atomic mass is 32.2. The predicted molar refractivity (Wildman–Crippen MR) is 97.3 cm³/mol. The van der Waals surface area contributed by atoms with Crippen molar-refractivity contribution in [2.75, 3.05) is 12.4 Å². The van der Waals surface area contributed by atoms with Crippen LogP contribution in [0.1, 0.15) is 11.1 Å². The van der Waals surface area contributed by atoms with E-state index in [1.54, 1.807) is 4.68 Å². The largest absolute Gasteiger partial charge is 0.491 e. The molecule has 25 heavy (non-hydrogen) atoms. The second-order valence-corrected chi connectivity index (χ2v) is 6.74. The summed E-state index contributed by atoms with van der Waals surface area (Å²) in [6, 6.07) is 15.7. The molecule has 0 saturated heterocycles. The van der Waals surface area contributed by atoms with Gasteiger partial charge in [0.1, 0.15) is 12.4 Å². The van der Waals surface area contributed by atoms with E-state index in [1.165, 1.54) is 11.8 Å². The summed E-state index contributed by atoms with van der Waals surface area (Å²) in [5.74, 6) is 1.20. The molecule has 0 fully saturated rings. The van der Waals surface area contributed by atoms with Crippen molar-refractivity contribution in [3.8, 4) is 11.4 Å². The Morgan fingerprint density at radius 2 is 2.00 bits per heavy atom. The Labute approximate surface area is 150 Å². The van der Waals surface area contributed by atoms with Crippen molar-refractivity contribution in [3.63, 3.8) is 0 Å². The smallest absolute Gasteiger partial charge is 0.214 e. The molecule has 0 radical (unpaired) electrons. The minimum atomic E-state index is -0.618. The van der Waals surface area contributed by atoms with Crippen LogP contribution < -0.4 is 4.74 Å². The van der Waals surface area contributed by atoms with Crippen LogP contribution >= 0.6 is 11.8 Å². The fourth-order valence-corrected chi connectivity index (χ4v) is 3.13. The van der Waals surface area contributed by atoms with Crippen LogP contribution in [0.4, 0.5) is 0 Å². The number of aliphatic hydroxyl groups excluding tert-OH is 1. The third-order valence-electron chi connectivity index (χ3n) is 3.62. The van der Waals surface area contributed by atoms with Gasteiger partial charge < -0.3 is 9.84 Å². The molecule has 3 rings (SSSR count). The van der Waals surface area contributed by atoms with Gasteiger partial charge in [0.05, 0.1) is 11.8 Å². The molecule has 130 valence electrons. The first-order valence-electron chi connectivity index (χ1n) is 7.98. The number of tetrazole rings is 1. The van der Waals surface area contributed by atoms with Crippen molar-refractivity contribution in [3.05, 3.63) is 59.7 Å². The molecule has 0 unspecified atom stereocenters. The maximum Gasteiger partial charge on any atom is 0.214 e. The van der Waals surface area contributed by atoms with Gasteiger partial charge in [0.2, 0.25) is 5.16 Å². The molecule has 7 heteroatoms. The first kappa shape index (κ1) is 17.4. The SMILES string of the molecule is Cc1cccc(OC[C@@H](O)CSc2nnnn2-c2ccccc2C)c1. The van der Waals surface area contributed by atoms with Crippen LogP contribution in [0.15, 0.2) is 53.7 Å². The van der Waals surface area contributed by atoms with Crippen molar-refractivity contribution in [2.24, 2.45) is 0 Å². The standard InChI is InChI=1S/C18H20N4O2S/c1-13-6-5-8-16(10-13)24-11-15(23)12-25-18-19-20-21-22(18)17-9-4-3-7-14(17)2/h3-10,15,23H,11-12H2,1-2H3/t15-/m1/s1. The molecule has 0 aliphatic heterocycles. The van der Waals surface area contributed by atoms with Crippen LogP contribution in [0, 0.1) is 13.8 Å². The molecule has 2 aromatic carbocycles. The zero-order valence-corrected chi connectivity index (χ0v) is 15.0. The molecule has 1 heterocycles. The van der Waals surface area contributed by atoms with E-state index in [9.17, 15) is 5.11 Å². The Morgan fingerprint density at radius 3 is 2.80 bits per heavy atom. The number of nitrogens with zero attached hydrogens (tertiary/aromatic N) is 4. The number of rotatable bonds is 7. The first-order chi connectivity index (χ1) is 12.1. The summed E-state index contributed by atoms with van der Waals surface area (Å²) in [6.07, 6.45) is -0.618. The molecular weight excluding hydrogens is 336 g/mol. The van der Waals surface area contributed by atoms with Crippen LogP contribution in [0.2, 0.25) is 0 Å². The van der Waals surface area contributed by atoms with Crippen LogP contribution in [-0.2, 0) is 0 Å². The fraction of sp³-hybridized carbons (Fsp3) is 0.278. The van der Waals surface area contributed by atoms with Crippen LogP contribution in [0.25, 0.3) is 5.69 Å². The van der Waals surface area contributed by atoms with Gasteiger partial charge in [-0.15, -0.1) is 5.10 Å². The minimum Gasteiger partial charge on any atom is -0.491 e. The number of hydrogen-bond acceptors (Lipinski definition) is 6. The fourth-order valence-electron chi connectivity index (χ4n) is 2.34. The van der Waals surface area contributed by atoms with Crippen molar-refractivity contribution < 1.29 is 9.84 Å². The van der Waals surface area contributed by atoms with Crippen molar-refractivity contribution >= 4 is 11.8 Å². The molecule has 0 amide bonds. The van der Waals surface area contributed by atoms with E-state index in [1.807, 2.05) is 62.4 Å². The summed E-state index contributed by atoms with van der Waals surface area (Å²) < 4.78 is 7.32. The predicted octanol–water partition coefficient (Wildman–Crippen LogP) is 2.81. The quantitative estimate of drug-likeness (QED) is 0.656. The second kappa shape index (κ2) is 8.13. The van der Waals surface area contributed by atoms with Gasteiger partial charge in [0, 0.05) is 5.75 Å². The Morgan fingerprint density at radius 1 is 1.16 bits per heavy atom. The van der Waals surface area contributed by atoms with E-state index in [0.717, 1.165) is 22.6 Å². The van der Waals surface area contributed by atoms with Crippen LogP contribution in [0.5, 0.6) is 5.75 Å². The molecule has 0 saturated carbocycles. The van der Waals surface area contributed by atoms with Crippen LogP contribution in [-0.4, -0.2) is 43.8 Å². The Balaban J connectivity index is 1.57. The van der Waals surface area contributed by atoms with E-state index < -0.39 is 6.10 Å². The van der Waals surface area contributed by atoms with Crippen LogP contribution in [0.3, 0.4) is 0 Å². The van der Waals surface area contributed by atoms with E-state index >= 15 is 0 Å². The molecule has 0 spiro atoms. The number of aliphatic hydroxyl groups is 1. The monoisotopic (exact) mass is 356 g/mol. The van der Waals surface area contributed by atoms with Gasteiger partial charge in [-0.05, 0) is 53.6 Å². The third-order valence-corrected chi connectivity index (χ3v) is 4.69. The molecule has 3 aromatic rings. The molecule has 1 aromatic heterocycles. The third kappa shape index (κ3) is 4.58. The lowest BCUT2D eigenvalue weighted by Gasteiger charge is -2.12. The number of benzene rings is 2. The highest BCUT2D eigenvalue weighted by Gasteiger charge is 2.13. The summed E-state index contributed by atoms with van der Waals surface area (Å²) in [5, 5.41) is 22.7. The van der Waals surface area contributed by atoms with Crippen molar-refractivity contribution in [1.29, 1.82) is 0 Å². The van der Waals surface area contributed by atoms with Gasteiger partial charge in [-0.2, -0.15) is 4.68 Å². The van der Waals surface area contributed by atoms with E-state index in [0.29, 0.717) is 10.9 Å². The zero-order valence-electron chi connectivity index (χ0n) is 14.2. The number of aryl methyl sites for hydroxylation is 2. The van der Waals surface area contributed by atoms with Gasteiger partial charge in [-0.1, -0.05) is 42.1 Å². The van der Waals surface area contributed by atoms with Gasteiger partial charge >= 0.3 is 0 Å². The lowest BCUT2D eigenvalue weighted by Crippen LogP contribution is -2.20. The summed E-state index contributed by atoms with van der Waals surface area (Å²) in [5.41, 5.74) is 3.14. The molecule has 0 bridgehead atoms. The lowest BCUT2D eigenvalue weighted by molar-refractivity contribution is 0.126. The average molecular weight is 356 g/mol. The average Bonchev–Trinajstić information content (AvgIpc) is 3.07. The first-order valence-corrected chi connectivity index (χ1v) is 8.97. The summed E-state index contributed by atoms with van der Waals surface area (Å²) >= 11 is 1.40. The lowest BCUT2D eigenvalue weighted by atomic mass is 10.2. The summed E-state index contributed by atoms with van der Waals surface area (Å²) in [4.78, 5) is 0. The summed E-state index contributed by atoms with van der Waals surface area (Å²) in [7, 11) is 0. The van der Waals surface area contributed by atoms with Gasteiger partial charge in [0.15, 0.2) is 0 Å².